The first-order chi connectivity index (χ1) is 12.4. The number of sulfonamides is 1. The maximum absolute atomic E-state index is 15.0. The second-order valence-electron chi connectivity index (χ2n) is 6.26. The summed E-state index contributed by atoms with van der Waals surface area (Å²) in [6.07, 6.45) is 6.06. The molecule has 0 amide bonds. The van der Waals surface area contributed by atoms with E-state index in [0.29, 0.717) is 23.0 Å². The van der Waals surface area contributed by atoms with E-state index >= 15 is 0 Å². The summed E-state index contributed by atoms with van der Waals surface area (Å²) >= 11 is 0. The fourth-order valence-corrected chi connectivity index (χ4v) is 3.31. The van der Waals surface area contributed by atoms with Crippen LogP contribution in [0, 0.1) is 5.82 Å². The lowest BCUT2D eigenvalue weighted by Crippen LogP contribution is -2.11. The summed E-state index contributed by atoms with van der Waals surface area (Å²) in [5.74, 6) is 0.446. The zero-order valence-electron chi connectivity index (χ0n) is 13.9. The van der Waals surface area contributed by atoms with Gasteiger partial charge in [0.15, 0.2) is 5.82 Å². The van der Waals surface area contributed by atoms with E-state index in [1.807, 2.05) is 0 Å². The molecule has 0 aliphatic heterocycles. The first-order valence-corrected chi connectivity index (χ1v) is 9.94. The molecule has 2 N–H and O–H groups in total. The maximum Gasteiger partial charge on any atom is 0.229 e. The summed E-state index contributed by atoms with van der Waals surface area (Å²) in [5, 5.41) is 0. The van der Waals surface area contributed by atoms with Gasteiger partial charge < -0.3 is 4.98 Å². The summed E-state index contributed by atoms with van der Waals surface area (Å²) in [4.78, 5) is 16.0. The number of imidazole rings is 1. The summed E-state index contributed by atoms with van der Waals surface area (Å²) < 4.78 is 40.1. The molecule has 1 fully saturated rings. The van der Waals surface area contributed by atoms with Crippen molar-refractivity contribution in [3.05, 3.63) is 48.4 Å². The van der Waals surface area contributed by atoms with Gasteiger partial charge in [-0.1, -0.05) is 6.07 Å². The fourth-order valence-electron chi connectivity index (χ4n) is 2.75. The molecule has 26 heavy (non-hydrogen) atoms. The zero-order chi connectivity index (χ0) is 18.3. The number of rotatable bonds is 5. The van der Waals surface area contributed by atoms with Crippen molar-refractivity contribution in [1.29, 1.82) is 0 Å². The number of anilines is 1. The highest BCUT2D eigenvalue weighted by atomic mass is 32.2. The first-order valence-electron chi connectivity index (χ1n) is 8.05. The van der Waals surface area contributed by atoms with E-state index in [1.54, 1.807) is 24.4 Å². The summed E-state index contributed by atoms with van der Waals surface area (Å²) in [7, 11) is -3.60. The Bertz CT molecular complexity index is 1060. The molecule has 2 heterocycles. The third-order valence-electron chi connectivity index (χ3n) is 4.07. The number of hydrogen-bond donors (Lipinski definition) is 2. The Hall–Kier alpha value is -2.81. The van der Waals surface area contributed by atoms with Crippen molar-refractivity contribution in [3.63, 3.8) is 0 Å². The lowest BCUT2D eigenvalue weighted by molar-refractivity contribution is 0.604. The van der Waals surface area contributed by atoms with Crippen LogP contribution in [0.15, 0.2) is 36.8 Å². The van der Waals surface area contributed by atoms with Crippen molar-refractivity contribution in [2.24, 2.45) is 0 Å². The van der Waals surface area contributed by atoms with Gasteiger partial charge in [0.1, 0.15) is 17.8 Å². The number of nitrogens with one attached hydrogen (secondary N) is 2. The van der Waals surface area contributed by atoms with E-state index in [2.05, 4.69) is 24.7 Å². The SMILES string of the molecule is CS(=O)(=O)Nc1cccc(-c2nc(C3CC3)[nH]c2-c2ccncn2)c1F. The van der Waals surface area contributed by atoms with Crippen molar-refractivity contribution in [1.82, 2.24) is 19.9 Å². The molecule has 1 saturated carbocycles. The van der Waals surface area contributed by atoms with Crippen molar-refractivity contribution < 1.29 is 12.8 Å². The Morgan fingerprint density at radius 3 is 2.73 bits per heavy atom. The van der Waals surface area contributed by atoms with Crippen LogP contribution in [0.2, 0.25) is 0 Å². The van der Waals surface area contributed by atoms with Crippen LogP contribution < -0.4 is 4.72 Å². The molecular formula is C17H16FN5O2S. The van der Waals surface area contributed by atoms with E-state index in [9.17, 15) is 12.8 Å². The molecule has 1 aliphatic carbocycles. The smallest absolute Gasteiger partial charge is 0.229 e. The van der Waals surface area contributed by atoms with Gasteiger partial charge in [0.25, 0.3) is 0 Å². The maximum atomic E-state index is 15.0. The van der Waals surface area contributed by atoms with Crippen molar-refractivity contribution >= 4 is 15.7 Å². The molecule has 0 spiro atoms. The molecule has 7 nitrogen and oxygen atoms in total. The van der Waals surface area contributed by atoms with Crippen LogP contribution in [0.25, 0.3) is 22.6 Å². The predicted octanol–water partition coefficient (Wildman–Crippen LogP) is 2.92. The fraction of sp³-hybridized carbons (Fsp3) is 0.235. The molecule has 1 aromatic carbocycles. The largest absolute Gasteiger partial charge is 0.340 e. The molecule has 134 valence electrons. The van der Waals surface area contributed by atoms with Crippen molar-refractivity contribution in [2.45, 2.75) is 18.8 Å². The minimum absolute atomic E-state index is 0.116. The molecule has 2 aromatic heterocycles. The van der Waals surface area contributed by atoms with Crippen LogP contribution in [0.5, 0.6) is 0 Å². The van der Waals surface area contributed by atoms with Crippen LogP contribution in [0.4, 0.5) is 10.1 Å². The first kappa shape index (κ1) is 16.6. The normalized spacial score (nSPS) is 14.4. The Labute approximate surface area is 149 Å². The summed E-state index contributed by atoms with van der Waals surface area (Å²) in [5.41, 5.74) is 1.67. The second-order valence-corrected chi connectivity index (χ2v) is 8.00. The number of benzene rings is 1. The standard InChI is InChI=1S/C17H16FN5O2S/c1-26(24,25)23-12-4-2-3-11(14(12)18)15-16(13-7-8-19-9-20-13)22-17(21-15)10-5-6-10/h2-4,7-10,23H,5-6H2,1H3,(H,21,22). The van der Waals surface area contributed by atoms with E-state index in [0.717, 1.165) is 24.9 Å². The predicted molar refractivity (Wildman–Crippen MR) is 95.4 cm³/mol. The van der Waals surface area contributed by atoms with E-state index in [4.69, 9.17) is 0 Å². The molecule has 4 rings (SSSR count). The number of H-pyrrole nitrogens is 1. The molecular weight excluding hydrogens is 357 g/mol. The monoisotopic (exact) mass is 373 g/mol. The lowest BCUT2D eigenvalue weighted by atomic mass is 10.1. The number of halogens is 1. The average molecular weight is 373 g/mol. The Kier molecular flexibility index (Phi) is 3.95. The quantitative estimate of drug-likeness (QED) is 0.716. The van der Waals surface area contributed by atoms with Gasteiger partial charge >= 0.3 is 0 Å². The average Bonchev–Trinajstić information content (AvgIpc) is 3.36. The van der Waals surface area contributed by atoms with Gasteiger partial charge in [-0.25, -0.2) is 27.8 Å². The number of aromatic nitrogens is 4. The third kappa shape index (κ3) is 3.30. The highest BCUT2D eigenvalue weighted by Crippen LogP contribution is 2.42. The number of aromatic amines is 1. The van der Waals surface area contributed by atoms with E-state index in [1.165, 1.54) is 12.4 Å². The van der Waals surface area contributed by atoms with Gasteiger partial charge in [0, 0.05) is 17.7 Å². The van der Waals surface area contributed by atoms with Gasteiger partial charge in [-0.2, -0.15) is 0 Å². The molecule has 9 heteroatoms. The van der Waals surface area contributed by atoms with Crippen LogP contribution in [-0.4, -0.2) is 34.6 Å². The molecule has 3 aromatic rings. The van der Waals surface area contributed by atoms with Gasteiger partial charge in [-0.15, -0.1) is 0 Å². The summed E-state index contributed by atoms with van der Waals surface area (Å²) in [6.45, 7) is 0. The molecule has 0 atom stereocenters. The molecule has 0 bridgehead atoms. The van der Waals surface area contributed by atoms with Crippen LogP contribution in [0.1, 0.15) is 24.6 Å². The Balaban J connectivity index is 1.87. The molecule has 0 unspecified atom stereocenters. The molecule has 0 radical (unpaired) electrons. The van der Waals surface area contributed by atoms with Gasteiger partial charge in [-0.05, 0) is 31.0 Å². The van der Waals surface area contributed by atoms with Gasteiger partial charge in [-0.3, -0.25) is 4.72 Å². The number of hydrogen-bond acceptors (Lipinski definition) is 5. The highest BCUT2D eigenvalue weighted by molar-refractivity contribution is 7.92. The molecule has 1 aliphatic rings. The van der Waals surface area contributed by atoms with Gasteiger partial charge in [0.2, 0.25) is 10.0 Å². The van der Waals surface area contributed by atoms with E-state index < -0.39 is 15.8 Å². The lowest BCUT2D eigenvalue weighted by Gasteiger charge is -2.09. The van der Waals surface area contributed by atoms with Crippen LogP contribution in [-0.2, 0) is 10.0 Å². The third-order valence-corrected chi connectivity index (χ3v) is 4.66. The van der Waals surface area contributed by atoms with Crippen LogP contribution >= 0.6 is 0 Å². The zero-order valence-corrected chi connectivity index (χ0v) is 14.7. The summed E-state index contributed by atoms with van der Waals surface area (Å²) in [6, 6.07) is 6.24. The van der Waals surface area contributed by atoms with Gasteiger partial charge in [0.05, 0.1) is 23.3 Å². The topological polar surface area (TPSA) is 101 Å². The molecule has 0 saturated heterocycles. The van der Waals surface area contributed by atoms with Crippen molar-refractivity contribution in [3.8, 4) is 22.6 Å². The van der Waals surface area contributed by atoms with Crippen LogP contribution in [0.3, 0.4) is 0 Å². The van der Waals surface area contributed by atoms with Crippen molar-refractivity contribution in [2.75, 3.05) is 11.0 Å². The highest BCUT2D eigenvalue weighted by Gasteiger charge is 2.29. The Morgan fingerprint density at radius 1 is 1.27 bits per heavy atom. The number of nitrogens with zero attached hydrogens (tertiary/aromatic N) is 3. The second kappa shape index (κ2) is 6.17. The minimum atomic E-state index is -3.60. The van der Waals surface area contributed by atoms with E-state index in [-0.39, 0.29) is 11.3 Å². The Morgan fingerprint density at radius 2 is 2.08 bits per heavy atom. The minimum Gasteiger partial charge on any atom is -0.340 e.